The summed E-state index contributed by atoms with van der Waals surface area (Å²) in [6.45, 7) is 5.54. The van der Waals surface area contributed by atoms with Crippen LogP contribution in [0.25, 0.3) is 0 Å². The quantitative estimate of drug-likeness (QED) is 0.716. The molecule has 1 amide bonds. The molecule has 1 aromatic rings. The molecule has 18 heavy (non-hydrogen) atoms. The molecule has 1 heterocycles. The molecule has 1 unspecified atom stereocenters. The third-order valence-corrected chi connectivity index (χ3v) is 3.63. The van der Waals surface area contributed by atoms with Gasteiger partial charge in [-0.25, -0.2) is 0 Å². The van der Waals surface area contributed by atoms with Crippen LogP contribution in [0.4, 0.5) is 5.69 Å². The minimum atomic E-state index is -0.380. The van der Waals surface area contributed by atoms with E-state index in [1.54, 1.807) is 6.07 Å². The second-order valence-corrected chi connectivity index (χ2v) is 5.15. The van der Waals surface area contributed by atoms with E-state index < -0.39 is 0 Å². The first-order valence-electron chi connectivity index (χ1n) is 6.39. The first-order valence-corrected chi connectivity index (χ1v) is 6.39. The molecule has 0 aromatic heterocycles. The van der Waals surface area contributed by atoms with Gasteiger partial charge in [-0.1, -0.05) is 13.0 Å². The molecule has 2 rings (SSSR count). The number of carbonyl (C=O) groups excluding carboxylic acids is 1. The van der Waals surface area contributed by atoms with Crippen LogP contribution in [0.15, 0.2) is 18.2 Å². The highest BCUT2D eigenvalue weighted by Crippen LogP contribution is 2.30. The maximum Gasteiger partial charge on any atom is 0.231 e. The number of carbonyl (C=O) groups is 1. The molecule has 1 fully saturated rings. The number of nitrogens with one attached hydrogen (secondary N) is 2. The lowest BCUT2D eigenvalue weighted by Gasteiger charge is -2.22. The van der Waals surface area contributed by atoms with Gasteiger partial charge in [0.15, 0.2) is 0 Å². The van der Waals surface area contributed by atoms with Crippen molar-refractivity contribution in [3.8, 4) is 5.75 Å². The first-order chi connectivity index (χ1) is 8.55. The van der Waals surface area contributed by atoms with E-state index >= 15 is 0 Å². The summed E-state index contributed by atoms with van der Waals surface area (Å²) in [6, 6.07) is 5.33. The summed E-state index contributed by atoms with van der Waals surface area (Å²) in [4.78, 5) is 12.2. The van der Waals surface area contributed by atoms with Crippen LogP contribution in [0, 0.1) is 5.41 Å². The van der Waals surface area contributed by atoms with Crippen LogP contribution in [0.5, 0.6) is 5.75 Å². The SMILES string of the molecule is CCc1ccc(O)c(NC(=O)C2(C)CCNC2)c1. The maximum atomic E-state index is 12.2. The van der Waals surface area contributed by atoms with Crippen molar-refractivity contribution < 1.29 is 9.90 Å². The fraction of sp³-hybridized carbons (Fsp3) is 0.500. The number of phenols is 1. The fourth-order valence-corrected chi connectivity index (χ4v) is 2.19. The monoisotopic (exact) mass is 248 g/mol. The van der Waals surface area contributed by atoms with Crippen molar-refractivity contribution in [2.75, 3.05) is 18.4 Å². The fourth-order valence-electron chi connectivity index (χ4n) is 2.19. The van der Waals surface area contributed by atoms with Crippen LogP contribution in [0.1, 0.15) is 25.8 Å². The zero-order chi connectivity index (χ0) is 13.2. The first kappa shape index (κ1) is 12.9. The largest absolute Gasteiger partial charge is 0.506 e. The van der Waals surface area contributed by atoms with E-state index in [4.69, 9.17) is 0 Å². The third-order valence-electron chi connectivity index (χ3n) is 3.63. The van der Waals surface area contributed by atoms with Crippen molar-refractivity contribution in [2.45, 2.75) is 26.7 Å². The number of amides is 1. The molecule has 1 aliphatic rings. The predicted molar refractivity (Wildman–Crippen MR) is 71.7 cm³/mol. The van der Waals surface area contributed by atoms with Gasteiger partial charge in [-0.05, 0) is 44.0 Å². The Hall–Kier alpha value is -1.55. The molecule has 3 N–H and O–H groups in total. The number of aromatic hydroxyl groups is 1. The number of phenolic OH excluding ortho intramolecular Hbond substituents is 1. The highest BCUT2D eigenvalue weighted by molar-refractivity contribution is 5.96. The van der Waals surface area contributed by atoms with E-state index in [1.165, 1.54) is 0 Å². The smallest absolute Gasteiger partial charge is 0.231 e. The summed E-state index contributed by atoms with van der Waals surface area (Å²) >= 11 is 0. The summed E-state index contributed by atoms with van der Waals surface area (Å²) < 4.78 is 0. The van der Waals surface area contributed by atoms with E-state index in [-0.39, 0.29) is 17.1 Å². The Balaban J connectivity index is 2.16. The second kappa shape index (κ2) is 4.98. The van der Waals surface area contributed by atoms with Gasteiger partial charge >= 0.3 is 0 Å². The van der Waals surface area contributed by atoms with Crippen LogP contribution in [-0.2, 0) is 11.2 Å². The standard InChI is InChI=1S/C14H20N2O2/c1-3-10-4-5-12(17)11(8-10)16-13(18)14(2)6-7-15-9-14/h4-5,8,15,17H,3,6-7,9H2,1-2H3,(H,16,18). The van der Waals surface area contributed by atoms with Crippen molar-refractivity contribution in [3.63, 3.8) is 0 Å². The minimum Gasteiger partial charge on any atom is -0.506 e. The van der Waals surface area contributed by atoms with Gasteiger partial charge in [0, 0.05) is 6.54 Å². The zero-order valence-corrected chi connectivity index (χ0v) is 10.9. The number of hydrogen-bond donors (Lipinski definition) is 3. The van der Waals surface area contributed by atoms with Crippen molar-refractivity contribution in [1.82, 2.24) is 5.32 Å². The van der Waals surface area contributed by atoms with Gasteiger partial charge in [0.25, 0.3) is 0 Å². The van der Waals surface area contributed by atoms with Crippen LogP contribution in [-0.4, -0.2) is 24.1 Å². The van der Waals surface area contributed by atoms with E-state index in [0.717, 1.165) is 24.9 Å². The normalized spacial score (nSPS) is 23.0. The predicted octanol–water partition coefficient (Wildman–Crippen LogP) is 1.89. The number of hydrogen-bond acceptors (Lipinski definition) is 3. The van der Waals surface area contributed by atoms with Crippen LogP contribution in [0.3, 0.4) is 0 Å². The molecule has 1 atom stereocenters. The Morgan fingerprint density at radius 2 is 2.33 bits per heavy atom. The second-order valence-electron chi connectivity index (χ2n) is 5.15. The summed E-state index contributed by atoms with van der Waals surface area (Å²) in [7, 11) is 0. The van der Waals surface area contributed by atoms with Gasteiger partial charge in [-0.15, -0.1) is 0 Å². The number of anilines is 1. The van der Waals surface area contributed by atoms with Crippen molar-refractivity contribution in [1.29, 1.82) is 0 Å². The molecule has 0 aliphatic carbocycles. The molecule has 0 bridgehead atoms. The number of benzene rings is 1. The van der Waals surface area contributed by atoms with E-state index in [0.29, 0.717) is 12.2 Å². The minimum absolute atomic E-state index is 0.0314. The molecule has 0 radical (unpaired) electrons. The third kappa shape index (κ3) is 2.48. The number of rotatable bonds is 3. The van der Waals surface area contributed by atoms with E-state index in [9.17, 15) is 9.90 Å². The number of aryl methyl sites for hydroxylation is 1. The molecule has 0 saturated carbocycles. The molecule has 4 nitrogen and oxygen atoms in total. The van der Waals surface area contributed by atoms with Gasteiger partial charge in [0.2, 0.25) is 5.91 Å². The highest BCUT2D eigenvalue weighted by Gasteiger charge is 2.36. The van der Waals surface area contributed by atoms with Crippen molar-refractivity contribution in [3.05, 3.63) is 23.8 Å². The molecule has 4 heteroatoms. The molecule has 0 spiro atoms. The molecule has 1 aromatic carbocycles. The Bertz CT molecular complexity index is 451. The van der Waals surface area contributed by atoms with E-state index in [2.05, 4.69) is 10.6 Å². The van der Waals surface area contributed by atoms with Crippen LogP contribution < -0.4 is 10.6 Å². The average Bonchev–Trinajstić information content (AvgIpc) is 2.80. The van der Waals surface area contributed by atoms with Gasteiger partial charge < -0.3 is 15.7 Å². The van der Waals surface area contributed by atoms with Crippen LogP contribution in [0.2, 0.25) is 0 Å². The topological polar surface area (TPSA) is 61.4 Å². The zero-order valence-electron chi connectivity index (χ0n) is 10.9. The van der Waals surface area contributed by atoms with Gasteiger partial charge in [0.1, 0.15) is 5.75 Å². The Morgan fingerprint density at radius 3 is 2.94 bits per heavy atom. The molecular weight excluding hydrogens is 228 g/mol. The summed E-state index contributed by atoms with van der Waals surface area (Å²) in [6.07, 6.45) is 1.70. The summed E-state index contributed by atoms with van der Waals surface area (Å²) in [5.41, 5.74) is 1.22. The maximum absolute atomic E-state index is 12.2. The van der Waals surface area contributed by atoms with Crippen molar-refractivity contribution in [2.24, 2.45) is 5.41 Å². The lowest BCUT2D eigenvalue weighted by atomic mass is 9.88. The summed E-state index contributed by atoms with van der Waals surface area (Å²) in [5, 5.41) is 15.8. The van der Waals surface area contributed by atoms with Gasteiger partial charge in [0.05, 0.1) is 11.1 Å². The Kier molecular flexibility index (Phi) is 3.57. The van der Waals surface area contributed by atoms with Crippen LogP contribution >= 0.6 is 0 Å². The van der Waals surface area contributed by atoms with Crippen molar-refractivity contribution >= 4 is 11.6 Å². The van der Waals surface area contributed by atoms with E-state index in [1.807, 2.05) is 26.0 Å². The average molecular weight is 248 g/mol. The summed E-state index contributed by atoms with van der Waals surface area (Å²) in [5.74, 6) is 0.0890. The Labute approximate surface area is 107 Å². The molecular formula is C14H20N2O2. The highest BCUT2D eigenvalue weighted by atomic mass is 16.3. The molecule has 98 valence electrons. The van der Waals surface area contributed by atoms with Gasteiger partial charge in [-0.2, -0.15) is 0 Å². The lowest BCUT2D eigenvalue weighted by molar-refractivity contribution is -0.123. The van der Waals surface area contributed by atoms with Gasteiger partial charge in [-0.3, -0.25) is 4.79 Å². The molecule has 1 saturated heterocycles. The lowest BCUT2D eigenvalue weighted by Crippen LogP contribution is -2.35. The molecule has 1 aliphatic heterocycles. The Morgan fingerprint density at radius 1 is 1.56 bits per heavy atom.